The maximum Gasteiger partial charge on any atom is 0.169 e. The van der Waals surface area contributed by atoms with Crippen LogP contribution in [0.1, 0.15) is 30.5 Å². The van der Waals surface area contributed by atoms with E-state index >= 15 is 0 Å². The molecule has 0 bridgehead atoms. The van der Waals surface area contributed by atoms with Crippen LogP contribution in [-0.2, 0) is 20.2 Å². The fourth-order valence-corrected chi connectivity index (χ4v) is 5.95. The molecule has 0 spiro atoms. The molecule has 3 aromatic rings. The van der Waals surface area contributed by atoms with Crippen molar-refractivity contribution in [1.29, 1.82) is 0 Å². The minimum atomic E-state index is -1.12. The van der Waals surface area contributed by atoms with Crippen LogP contribution in [0.4, 0.5) is 0 Å². The molecule has 2 atom stereocenters. The standard InChI is InChI=1S/C27H27O2P/c1-4-5-15-22(2)26(23-16-9-6-10-17-23)27(29-30(3)28-26,24-18-11-7-12-19-24)25-20-13-8-14-21-25/h4-21H,1-3H3/b5-4-,22-15+. The van der Waals surface area contributed by atoms with Crippen LogP contribution in [0, 0.1) is 0 Å². The number of rotatable bonds is 5. The summed E-state index contributed by atoms with van der Waals surface area (Å²) in [6.07, 6.45) is 6.26. The highest BCUT2D eigenvalue weighted by Gasteiger charge is 2.64. The van der Waals surface area contributed by atoms with E-state index in [1.807, 2.05) is 37.9 Å². The van der Waals surface area contributed by atoms with Gasteiger partial charge in [-0.05, 0) is 36.1 Å². The summed E-state index contributed by atoms with van der Waals surface area (Å²) in [6.45, 7) is 6.22. The Morgan fingerprint density at radius 2 is 1.20 bits per heavy atom. The third kappa shape index (κ3) is 3.26. The van der Waals surface area contributed by atoms with Crippen LogP contribution in [0.3, 0.4) is 0 Å². The van der Waals surface area contributed by atoms with Crippen molar-refractivity contribution in [2.45, 2.75) is 25.0 Å². The average molecular weight is 414 g/mol. The third-order valence-corrected chi connectivity index (χ3v) is 6.72. The average Bonchev–Trinajstić information content (AvgIpc) is 3.14. The topological polar surface area (TPSA) is 18.5 Å². The van der Waals surface area contributed by atoms with Crippen molar-refractivity contribution in [3.05, 3.63) is 131 Å². The lowest BCUT2D eigenvalue weighted by molar-refractivity contribution is 0.000438. The zero-order chi connectivity index (χ0) is 21.0. The Morgan fingerprint density at radius 3 is 1.67 bits per heavy atom. The first kappa shape index (κ1) is 20.8. The SMILES string of the molecule is C/C=C\C=C(/C)C1(c2ccccc2)OP(C)OC1(c1ccccc1)c1ccccc1. The van der Waals surface area contributed by atoms with E-state index in [2.05, 4.69) is 91.9 Å². The lowest BCUT2D eigenvalue weighted by Gasteiger charge is -2.44. The number of hydrogen-bond acceptors (Lipinski definition) is 2. The van der Waals surface area contributed by atoms with E-state index in [-0.39, 0.29) is 0 Å². The minimum Gasteiger partial charge on any atom is -0.314 e. The Hall–Kier alpha value is -2.51. The molecular formula is C27H27O2P. The predicted molar refractivity (Wildman–Crippen MR) is 125 cm³/mol. The maximum absolute atomic E-state index is 6.87. The van der Waals surface area contributed by atoms with Gasteiger partial charge in [0.2, 0.25) is 0 Å². The molecule has 152 valence electrons. The van der Waals surface area contributed by atoms with Crippen molar-refractivity contribution < 1.29 is 9.05 Å². The molecule has 3 heteroatoms. The van der Waals surface area contributed by atoms with Gasteiger partial charge < -0.3 is 9.05 Å². The van der Waals surface area contributed by atoms with Crippen molar-refractivity contribution in [3.8, 4) is 0 Å². The maximum atomic E-state index is 6.87. The van der Waals surface area contributed by atoms with Crippen molar-refractivity contribution in [2.75, 3.05) is 6.66 Å². The molecule has 0 amide bonds. The Kier molecular flexibility index (Phi) is 6.01. The predicted octanol–water partition coefficient (Wildman–Crippen LogP) is 7.34. The monoisotopic (exact) mass is 414 g/mol. The van der Waals surface area contributed by atoms with Gasteiger partial charge in [0, 0.05) is 6.66 Å². The summed E-state index contributed by atoms with van der Waals surface area (Å²) < 4.78 is 13.7. The Morgan fingerprint density at radius 1 is 0.733 bits per heavy atom. The zero-order valence-electron chi connectivity index (χ0n) is 17.7. The zero-order valence-corrected chi connectivity index (χ0v) is 18.6. The number of hydrogen-bond donors (Lipinski definition) is 0. The highest BCUT2D eigenvalue weighted by atomic mass is 31.2. The van der Waals surface area contributed by atoms with Gasteiger partial charge in [-0.15, -0.1) is 0 Å². The fourth-order valence-electron chi connectivity index (χ4n) is 4.42. The molecule has 30 heavy (non-hydrogen) atoms. The lowest BCUT2D eigenvalue weighted by atomic mass is 9.66. The van der Waals surface area contributed by atoms with E-state index < -0.39 is 19.6 Å². The van der Waals surface area contributed by atoms with Gasteiger partial charge in [-0.2, -0.15) is 0 Å². The molecule has 0 aliphatic carbocycles. The first-order valence-electron chi connectivity index (χ1n) is 10.2. The number of benzene rings is 3. The molecule has 0 saturated carbocycles. The Bertz CT molecular complexity index is 989. The number of allylic oxidation sites excluding steroid dienone is 3. The van der Waals surface area contributed by atoms with Crippen LogP contribution >= 0.6 is 8.38 Å². The summed E-state index contributed by atoms with van der Waals surface area (Å²) in [4.78, 5) is 0. The molecule has 1 aliphatic heterocycles. The van der Waals surface area contributed by atoms with Gasteiger partial charge in [-0.3, -0.25) is 0 Å². The molecule has 1 heterocycles. The molecule has 1 saturated heterocycles. The summed E-state index contributed by atoms with van der Waals surface area (Å²) in [5.41, 5.74) is 2.76. The largest absolute Gasteiger partial charge is 0.314 e. The van der Waals surface area contributed by atoms with Crippen LogP contribution in [0.15, 0.2) is 115 Å². The van der Waals surface area contributed by atoms with E-state index in [1.165, 1.54) is 0 Å². The van der Waals surface area contributed by atoms with Crippen LogP contribution in [-0.4, -0.2) is 6.66 Å². The van der Waals surface area contributed by atoms with Gasteiger partial charge in [0.25, 0.3) is 0 Å². The smallest absolute Gasteiger partial charge is 0.169 e. The van der Waals surface area contributed by atoms with Crippen LogP contribution < -0.4 is 0 Å². The summed E-state index contributed by atoms with van der Waals surface area (Å²) in [5, 5.41) is 0. The van der Waals surface area contributed by atoms with Gasteiger partial charge in [0.15, 0.2) is 19.6 Å². The van der Waals surface area contributed by atoms with Gasteiger partial charge in [0.05, 0.1) is 0 Å². The van der Waals surface area contributed by atoms with Crippen molar-refractivity contribution in [1.82, 2.24) is 0 Å². The molecule has 1 fully saturated rings. The summed E-state index contributed by atoms with van der Waals surface area (Å²) in [6, 6.07) is 31.4. The van der Waals surface area contributed by atoms with Gasteiger partial charge in [-0.25, -0.2) is 0 Å². The Balaban J connectivity index is 2.13. The second kappa shape index (κ2) is 8.70. The molecule has 0 radical (unpaired) electrons. The van der Waals surface area contributed by atoms with Crippen molar-refractivity contribution in [2.24, 2.45) is 0 Å². The van der Waals surface area contributed by atoms with E-state index in [4.69, 9.17) is 9.05 Å². The molecule has 3 aromatic carbocycles. The van der Waals surface area contributed by atoms with E-state index in [0.29, 0.717) is 0 Å². The molecule has 1 aliphatic rings. The van der Waals surface area contributed by atoms with Crippen LogP contribution in [0.5, 0.6) is 0 Å². The molecule has 4 rings (SSSR count). The fraction of sp³-hybridized carbons (Fsp3) is 0.185. The normalized spacial score (nSPS) is 23.7. The minimum absolute atomic E-state index is 0.795. The molecule has 0 aromatic heterocycles. The first-order chi connectivity index (χ1) is 14.6. The highest BCUT2D eigenvalue weighted by Crippen LogP contribution is 2.69. The van der Waals surface area contributed by atoms with Gasteiger partial charge in [0.1, 0.15) is 0 Å². The van der Waals surface area contributed by atoms with E-state index in [1.54, 1.807) is 0 Å². The highest BCUT2D eigenvalue weighted by molar-refractivity contribution is 7.46. The summed E-state index contributed by atoms with van der Waals surface area (Å²) >= 11 is 0. The van der Waals surface area contributed by atoms with Gasteiger partial charge >= 0.3 is 0 Å². The summed E-state index contributed by atoms with van der Waals surface area (Å²) in [5.74, 6) is 0. The van der Waals surface area contributed by atoms with Gasteiger partial charge in [-0.1, -0.05) is 109 Å². The quantitative estimate of drug-likeness (QED) is 0.321. The van der Waals surface area contributed by atoms with Crippen LogP contribution in [0.25, 0.3) is 0 Å². The van der Waals surface area contributed by atoms with E-state index in [0.717, 1.165) is 22.3 Å². The first-order valence-corrected chi connectivity index (χ1v) is 11.9. The summed E-state index contributed by atoms with van der Waals surface area (Å²) in [7, 11) is -1.12. The van der Waals surface area contributed by atoms with Crippen molar-refractivity contribution in [3.63, 3.8) is 0 Å². The van der Waals surface area contributed by atoms with E-state index in [9.17, 15) is 0 Å². The Labute approximate surface area is 180 Å². The molecular weight excluding hydrogens is 387 g/mol. The lowest BCUT2D eigenvalue weighted by Crippen LogP contribution is -2.49. The molecule has 2 nitrogen and oxygen atoms in total. The van der Waals surface area contributed by atoms with Crippen LogP contribution in [0.2, 0.25) is 0 Å². The molecule has 0 N–H and O–H groups in total. The second-order valence-electron chi connectivity index (χ2n) is 7.46. The molecule has 2 unspecified atom stereocenters. The second-order valence-corrected chi connectivity index (χ2v) is 8.70. The van der Waals surface area contributed by atoms with Crippen molar-refractivity contribution >= 4 is 8.38 Å². The third-order valence-electron chi connectivity index (χ3n) is 5.66.